The maximum Gasteiger partial charge on any atom is 0.254 e. The van der Waals surface area contributed by atoms with Gasteiger partial charge in [-0.05, 0) is 44.0 Å². The van der Waals surface area contributed by atoms with Gasteiger partial charge in [0.25, 0.3) is 5.91 Å². The summed E-state index contributed by atoms with van der Waals surface area (Å²) in [7, 11) is 0. The molecule has 21 heavy (non-hydrogen) atoms. The minimum atomic E-state index is 0.0193. The third-order valence-corrected chi connectivity index (χ3v) is 3.98. The Morgan fingerprint density at radius 3 is 2.57 bits per heavy atom. The highest BCUT2D eigenvalue weighted by molar-refractivity contribution is 5.97. The molecule has 1 aromatic rings. The molecule has 2 fully saturated rings. The molecule has 0 spiro atoms. The zero-order valence-electron chi connectivity index (χ0n) is 12.2. The SMILES string of the molecule is CC1COCCN1C(=O)c1ccc(NC(=O)C2CC2)cc1. The number of carbonyl (C=O) groups is 2. The summed E-state index contributed by atoms with van der Waals surface area (Å²) in [6, 6.07) is 7.22. The van der Waals surface area contributed by atoms with Gasteiger partial charge in [0.05, 0.1) is 19.3 Å². The number of hydrogen-bond acceptors (Lipinski definition) is 3. The minimum absolute atomic E-state index is 0.0193. The van der Waals surface area contributed by atoms with Gasteiger partial charge >= 0.3 is 0 Å². The van der Waals surface area contributed by atoms with Crippen LogP contribution in [-0.2, 0) is 9.53 Å². The second-order valence-corrected chi connectivity index (χ2v) is 5.76. The number of benzene rings is 1. The minimum Gasteiger partial charge on any atom is -0.377 e. The average molecular weight is 288 g/mol. The van der Waals surface area contributed by atoms with Crippen molar-refractivity contribution in [2.24, 2.45) is 5.92 Å². The summed E-state index contributed by atoms with van der Waals surface area (Å²) in [6.07, 6.45) is 1.97. The van der Waals surface area contributed by atoms with Gasteiger partial charge in [-0.25, -0.2) is 0 Å². The Labute approximate surface area is 124 Å². The molecule has 1 saturated carbocycles. The van der Waals surface area contributed by atoms with E-state index in [9.17, 15) is 9.59 Å². The summed E-state index contributed by atoms with van der Waals surface area (Å²) in [5.74, 6) is 0.280. The van der Waals surface area contributed by atoms with E-state index in [1.54, 1.807) is 24.3 Å². The van der Waals surface area contributed by atoms with E-state index in [4.69, 9.17) is 4.74 Å². The molecule has 5 nitrogen and oxygen atoms in total. The van der Waals surface area contributed by atoms with Crippen molar-refractivity contribution in [1.82, 2.24) is 4.90 Å². The first-order chi connectivity index (χ1) is 10.1. The van der Waals surface area contributed by atoms with E-state index in [2.05, 4.69) is 5.32 Å². The Morgan fingerprint density at radius 2 is 1.95 bits per heavy atom. The Morgan fingerprint density at radius 1 is 1.24 bits per heavy atom. The van der Waals surface area contributed by atoms with Crippen LogP contribution in [-0.4, -0.2) is 42.5 Å². The molecule has 112 valence electrons. The molecule has 2 amide bonds. The predicted octanol–water partition coefficient (Wildman–Crippen LogP) is 1.90. The van der Waals surface area contributed by atoms with Gasteiger partial charge in [-0.15, -0.1) is 0 Å². The average Bonchev–Trinajstić information content (AvgIpc) is 3.32. The summed E-state index contributed by atoms with van der Waals surface area (Å²) < 4.78 is 5.35. The highest BCUT2D eigenvalue weighted by atomic mass is 16.5. The molecular weight excluding hydrogens is 268 g/mol. The van der Waals surface area contributed by atoms with Gasteiger partial charge in [0.15, 0.2) is 0 Å². The first-order valence-electron chi connectivity index (χ1n) is 7.45. The van der Waals surface area contributed by atoms with E-state index in [1.807, 2.05) is 11.8 Å². The topological polar surface area (TPSA) is 58.6 Å². The van der Waals surface area contributed by atoms with E-state index >= 15 is 0 Å². The van der Waals surface area contributed by atoms with E-state index in [-0.39, 0.29) is 23.8 Å². The third-order valence-electron chi connectivity index (χ3n) is 3.98. The van der Waals surface area contributed by atoms with Crippen molar-refractivity contribution in [2.45, 2.75) is 25.8 Å². The van der Waals surface area contributed by atoms with Crippen LogP contribution in [0.15, 0.2) is 24.3 Å². The first kappa shape index (κ1) is 14.1. The lowest BCUT2D eigenvalue weighted by molar-refractivity contribution is -0.117. The molecule has 1 aliphatic heterocycles. The number of nitrogens with one attached hydrogen (secondary N) is 1. The summed E-state index contributed by atoms with van der Waals surface area (Å²) in [4.78, 5) is 26.0. The smallest absolute Gasteiger partial charge is 0.254 e. The highest BCUT2D eigenvalue weighted by Gasteiger charge is 2.29. The fraction of sp³-hybridized carbons (Fsp3) is 0.500. The van der Waals surface area contributed by atoms with Gasteiger partial charge in [-0.2, -0.15) is 0 Å². The van der Waals surface area contributed by atoms with Crippen molar-refractivity contribution in [2.75, 3.05) is 25.1 Å². The standard InChI is InChI=1S/C16H20N2O3/c1-11-10-21-9-8-18(11)16(20)13-4-6-14(7-5-13)17-15(19)12-2-3-12/h4-7,11-12H,2-3,8-10H2,1H3,(H,17,19). The van der Waals surface area contributed by atoms with Crippen molar-refractivity contribution in [3.05, 3.63) is 29.8 Å². The van der Waals surface area contributed by atoms with Gasteiger partial charge in [-0.3, -0.25) is 9.59 Å². The molecule has 1 heterocycles. The molecule has 2 aliphatic rings. The second kappa shape index (κ2) is 5.85. The summed E-state index contributed by atoms with van der Waals surface area (Å²) in [6.45, 7) is 3.79. The van der Waals surface area contributed by atoms with Crippen molar-refractivity contribution in [1.29, 1.82) is 0 Å². The lowest BCUT2D eigenvalue weighted by atomic mass is 10.1. The van der Waals surface area contributed by atoms with Crippen LogP contribution >= 0.6 is 0 Å². The number of carbonyl (C=O) groups excluding carboxylic acids is 2. The number of rotatable bonds is 3. The molecule has 1 aliphatic carbocycles. The normalized spacial score (nSPS) is 22.0. The molecular formula is C16H20N2O3. The van der Waals surface area contributed by atoms with E-state index in [1.165, 1.54) is 0 Å². The van der Waals surface area contributed by atoms with Crippen LogP contribution < -0.4 is 5.32 Å². The van der Waals surface area contributed by atoms with Crippen LogP contribution in [0.2, 0.25) is 0 Å². The Balaban J connectivity index is 1.65. The number of hydrogen-bond donors (Lipinski definition) is 1. The molecule has 0 radical (unpaired) electrons. The number of ether oxygens (including phenoxy) is 1. The van der Waals surface area contributed by atoms with Gasteiger partial charge in [0.1, 0.15) is 0 Å². The molecule has 1 saturated heterocycles. The molecule has 1 unspecified atom stereocenters. The fourth-order valence-electron chi connectivity index (χ4n) is 2.48. The molecule has 0 aromatic heterocycles. The Kier molecular flexibility index (Phi) is 3.92. The molecule has 1 aromatic carbocycles. The van der Waals surface area contributed by atoms with Crippen molar-refractivity contribution >= 4 is 17.5 Å². The molecule has 5 heteroatoms. The van der Waals surface area contributed by atoms with E-state index in [0.29, 0.717) is 25.3 Å². The van der Waals surface area contributed by atoms with Gasteiger partial charge < -0.3 is 15.0 Å². The first-order valence-corrected chi connectivity index (χ1v) is 7.45. The number of morpholine rings is 1. The predicted molar refractivity (Wildman–Crippen MR) is 79.1 cm³/mol. The van der Waals surface area contributed by atoms with Crippen LogP contribution in [0.5, 0.6) is 0 Å². The van der Waals surface area contributed by atoms with Crippen LogP contribution in [0.4, 0.5) is 5.69 Å². The largest absolute Gasteiger partial charge is 0.377 e. The second-order valence-electron chi connectivity index (χ2n) is 5.76. The highest BCUT2D eigenvalue weighted by Crippen LogP contribution is 2.30. The van der Waals surface area contributed by atoms with Crippen molar-refractivity contribution in [3.8, 4) is 0 Å². The van der Waals surface area contributed by atoms with Crippen molar-refractivity contribution < 1.29 is 14.3 Å². The van der Waals surface area contributed by atoms with Crippen molar-refractivity contribution in [3.63, 3.8) is 0 Å². The van der Waals surface area contributed by atoms with Gasteiger partial charge in [0, 0.05) is 23.7 Å². The summed E-state index contributed by atoms with van der Waals surface area (Å²) in [5.41, 5.74) is 1.40. The zero-order valence-corrected chi connectivity index (χ0v) is 12.2. The number of nitrogens with zero attached hydrogens (tertiary/aromatic N) is 1. The maximum absolute atomic E-state index is 12.4. The van der Waals surface area contributed by atoms with Gasteiger partial charge in [-0.1, -0.05) is 0 Å². The third kappa shape index (κ3) is 3.24. The monoisotopic (exact) mass is 288 g/mol. The van der Waals surface area contributed by atoms with E-state index < -0.39 is 0 Å². The van der Waals surface area contributed by atoms with Crippen LogP contribution in [0.3, 0.4) is 0 Å². The lowest BCUT2D eigenvalue weighted by Crippen LogP contribution is -2.47. The quantitative estimate of drug-likeness (QED) is 0.924. The number of amides is 2. The summed E-state index contributed by atoms with van der Waals surface area (Å²) >= 11 is 0. The van der Waals surface area contributed by atoms with Crippen LogP contribution in [0, 0.1) is 5.92 Å². The number of anilines is 1. The zero-order chi connectivity index (χ0) is 14.8. The van der Waals surface area contributed by atoms with Crippen LogP contribution in [0.25, 0.3) is 0 Å². The van der Waals surface area contributed by atoms with E-state index in [0.717, 1.165) is 18.5 Å². The molecule has 1 atom stereocenters. The summed E-state index contributed by atoms with van der Waals surface area (Å²) in [5, 5.41) is 2.87. The molecule has 1 N–H and O–H groups in total. The maximum atomic E-state index is 12.4. The van der Waals surface area contributed by atoms with Crippen LogP contribution in [0.1, 0.15) is 30.1 Å². The molecule has 0 bridgehead atoms. The fourth-order valence-corrected chi connectivity index (χ4v) is 2.48. The van der Waals surface area contributed by atoms with Gasteiger partial charge in [0.2, 0.25) is 5.91 Å². The molecule has 3 rings (SSSR count). The lowest BCUT2D eigenvalue weighted by Gasteiger charge is -2.33. The Hall–Kier alpha value is -1.88. The Bertz CT molecular complexity index is 537.